The molecule has 1 aromatic heterocycles. The van der Waals surface area contributed by atoms with Gasteiger partial charge in [-0.05, 0) is 36.1 Å². The first kappa shape index (κ1) is 16.0. The number of benzene rings is 1. The summed E-state index contributed by atoms with van der Waals surface area (Å²) >= 11 is 7.58. The van der Waals surface area contributed by atoms with Crippen molar-refractivity contribution in [2.45, 2.75) is 11.3 Å². The maximum atomic E-state index is 12.5. The third-order valence-electron chi connectivity index (χ3n) is 3.00. The van der Waals surface area contributed by atoms with Gasteiger partial charge in [-0.1, -0.05) is 17.7 Å². The summed E-state index contributed by atoms with van der Waals surface area (Å²) in [6.45, 7) is 0.374. The van der Waals surface area contributed by atoms with E-state index >= 15 is 0 Å². The van der Waals surface area contributed by atoms with E-state index < -0.39 is 10.0 Å². The van der Waals surface area contributed by atoms with E-state index in [1.807, 2.05) is 23.6 Å². The van der Waals surface area contributed by atoms with Crippen LogP contribution in [0.3, 0.4) is 0 Å². The van der Waals surface area contributed by atoms with Crippen LogP contribution in [0, 0.1) is 11.3 Å². The summed E-state index contributed by atoms with van der Waals surface area (Å²) in [5, 5.41) is 10.8. The van der Waals surface area contributed by atoms with Gasteiger partial charge in [0.2, 0.25) is 10.0 Å². The summed E-state index contributed by atoms with van der Waals surface area (Å²) in [7, 11) is -2.13. The summed E-state index contributed by atoms with van der Waals surface area (Å²) in [6.07, 6.45) is 0.654. The molecule has 0 aliphatic heterocycles. The van der Waals surface area contributed by atoms with Crippen LogP contribution in [0.1, 0.15) is 10.4 Å². The van der Waals surface area contributed by atoms with Crippen LogP contribution in [-0.2, 0) is 16.4 Å². The van der Waals surface area contributed by atoms with Crippen LogP contribution >= 0.6 is 22.9 Å². The summed E-state index contributed by atoms with van der Waals surface area (Å²) in [4.78, 5) is 1.15. The van der Waals surface area contributed by atoms with E-state index in [2.05, 4.69) is 0 Å². The van der Waals surface area contributed by atoms with E-state index in [-0.39, 0.29) is 9.92 Å². The van der Waals surface area contributed by atoms with Gasteiger partial charge in [0, 0.05) is 18.5 Å². The molecule has 0 fully saturated rings. The number of hydrogen-bond acceptors (Lipinski definition) is 4. The second kappa shape index (κ2) is 6.58. The Hall–Kier alpha value is -1.39. The second-order valence-electron chi connectivity index (χ2n) is 4.41. The molecular weight excluding hydrogens is 328 g/mol. The zero-order chi connectivity index (χ0) is 15.5. The standard InChI is InChI=1S/C14H13ClN2O2S2/c1-17(7-6-12-3-2-8-20-12)21(18,19)14-5-4-11(10-16)9-13(14)15/h2-5,8-9H,6-7H2,1H3. The highest BCUT2D eigenvalue weighted by Gasteiger charge is 2.23. The lowest BCUT2D eigenvalue weighted by Gasteiger charge is -2.17. The van der Waals surface area contributed by atoms with Crippen molar-refractivity contribution < 1.29 is 8.42 Å². The minimum Gasteiger partial charge on any atom is -0.207 e. The van der Waals surface area contributed by atoms with E-state index in [0.717, 1.165) is 4.88 Å². The highest BCUT2D eigenvalue weighted by Crippen LogP contribution is 2.25. The Labute approximate surface area is 133 Å². The number of sulfonamides is 1. The van der Waals surface area contributed by atoms with Gasteiger partial charge >= 0.3 is 0 Å². The van der Waals surface area contributed by atoms with Gasteiger partial charge in [0.1, 0.15) is 4.90 Å². The maximum Gasteiger partial charge on any atom is 0.244 e. The number of nitrogens with zero attached hydrogens (tertiary/aromatic N) is 2. The number of likely N-dealkylation sites (N-methyl/N-ethyl adjacent to an activating group) is 1. The average molecular weight is 341 g/mol. The Balaban J connectivity index is 2.19. The van der Waals surface area contributed by atoms with Crippen molar-refractivity contribution in [1.29, 1.82) is 5.26 Å². The van der Waals surface area contributed by atoms with Crippen LogP contribution in [0.15, 0.2) is 40.6 Å². The molecule has 0 saturated carbocycles. The van der Waals surface area contributed by atoms with Gasteiger partial charge in [-0.3, -0.25) is 0 Å². The molecule has 0 aliphatic rings. The molecule has 1 aromatic carbocycles. The summed E-state index contributed by atoms with van der Waals surface area (Å²) < 4.78 is 26.2. The van der Waals surface area contributed by atoms with Crippen LogP contribution in [0.5, 0.6) is 0 Å². The molecule has 7 heteroatoms. The Morgan fingerprint density at radius 1 is 1.38 bits per heavy atom. The van der Waals surface area contributed by atoms with Crippen LogP contribution in [0.2, 0.25) is 5.02 Å². The summed E-state index contributed by atoms with van der Waals surface area (Å²) in [6, 6.07) is 10.0. The number of hydrogen-bond donors (Lipinski definition) is 0. The quantitative estimate of drug-likeness (QED) is 0.840. The van der Waals surface area contributed by atoms with Crippen LogP contribution in [0.4, 0.5) is 0 Å². The molecule has 0 N–H and O–H groups in total. The van der Waals surface area contributed by atoms with Crippen molar-refractivity contribution in [1.82, 2.24) is 4.31 Å². The number of halogens is 1. The normalized spacial score (nSPS) is 11.5. The van der Waals surface area contributed by atoms with Crippen molar-refractivity contribution in [2.75, 3.05) is 13.6 Å². The van der Waals surface area contributed by atoms with Gasteiger partial charge in [-0.25, -0.2) is 12.7 Å². The van der Waals surface area contributed by atoms with E-state index in [1.54, 1.807) is 11.3 Å². The number of thiophene rings is 1. The molecular formula is C14H13ClN2O2S2. The molecule has 4 nitrogen and oxygen atoms in total. The largest absolute Gasteiger partial charge is 0.244 e. The predicted molar refractivity (Wildman–Crippen MR) is 84.0 cm³/mol. The molecule has 0 aliphatic carbocycles. The third-order valence-corrected chi connectivity index (χ3v) is 6.28. The zero-order valence-corrected chi connectivity index (χ0v) is 13.7. The lowest BCUT2D eigenvalue weighted by atomic mass is 10.2. The van der Waals surface area contributed by atoms with Crippen molar-refractivity contribution in [3.05, 3.63) is 51.2 Å². The van der Waals surface area contributed by atoms with E-state index in [0.29, 0.717) is 18.5 Å². The van der Waals surface area contributed by atoms with Gasteiger partial charge in [-0.15, -0.1) is 11.3 Å². The Kier molecular flexibility index (Phi) is 5.01. The van der Waals surface area contributed by atoms with Crippen molar-refractivity contribution >= 4 is 33.0 Å². The molecule has 0 atom stereocenters. The maximum absolute atomic E-state index is 12.5. The lowest BCUT2D eigenvalue weighted by molar-refractivity contribution is 0.473. The fourth-order valence-electron chi connectivity index (χ4n) is 1.79. The molecule has 21 heavy (non-hydrogen) atoms. The molecule has 0 spiro atoms. The first-order chi connectivity index (χ1) is 9.95. The Morgan fingerprint density at radius 3 is 2.71 bits per heavy atom. The average Bonchev–Trinajstić information content (AvgIpc) is 2.97. The minimum absolute atomic E-state index is 0.0249. The SMILES string of the molecule is CN(CCc1cccs1)S(=O)(=O)c1ccc(C#N)cc1Cl. The van der Waals surface area contributed by atoms with Gasteiger partial charge in [0.25, 0.3) is 0 Å². The molecule has 2 rings (SSSR count). The summed E-state index contributed by atoms with van der Waals surface area (Å²) in [5.74, 6) is 0. The molecule has 0 saturated heterocycles. The monoisotopic (exact) mass is 340 g/mol. The third kappa shape index (κ3) is 3.63. The second-order valence-corrected chi connectivity index (χ2v) is 7.87. The molecule has 0 radical (unpaired) electrons. The van der Waals surface area contributed by atoms with E-state index in [1.165, 1.54) is 29.6 Å². The molecule has 110 valence electrons. The smallest absolute Gasteiger partial charge is 0.207 e. The topological polar surface area (TPSA) is 61.2 Å². The first-order valence-corrected chi connectivity index (χ1v) is 8.83. The highest BCUT2D eigenvalue weighted by molar-refractivity contribution is 7.89. The molecule has 1 heterocycles. The molecule has 2 aromatic rings. The van der Waals surface area contributed by atoms with Gasteiger partial charge in [0.05, 0.1) is 16.7 Å². The number of nitriles is 1. The lowest BCUT2D eigenvalue weighted by Crippen LogP contribution is -2.29. The Bertz CT molecular complexity index is 765. The fraction of sp³-hybridized carbons (Fsp3) is 0.214. The highest BCUT2D eigenvalue weighted by atomic mass is 35.5. The molecule has 0 bridgehead atoms. The zero-order valence-electron chi connectivity index (χ0n) is 11.3. The Morgan fingerprint density at radius 2 is 2.14 bits per heavy atom. The van der Waals surface area contributed by atoms with Gasteiger partial charge < -0.3 is 0 Å². The fourth-order valence-corrected chi connectivity index (χ4v) is 4.17. The van der Waals surface area contributed by atoms with Crippen molar-refractivity contribution in [3.8, 4) is 6.07 Å². The van der Waals surface area contributed by atoms with Crippen LogP contribution in [0.25, 0.3) is 0 Å². The summed E-state index contributed by atoms with van der Waals surface area (Å²) in [5.41, 5.74) is 0.334. The van der Waals surface area contributed by atoms with Crippen LogP contribution in [-0.4, -0.2) is 26.3 Å². The number of rotatable bonds is 5. The first-order valence-electron chi connectivity index (χ1n) is 6.13. The van der Waals surface area contributed by atoms with Gasteiger partial charge in [0.15, 0.2) is 0 Å². The van der Waals surface area contributed by atoms with Gasteiger partial charge in [-0.2, -0.15) is 5.26 Å². The molecule has 0 unspecified atom stereocenters. The minimum atomic E-state index is -3.65. The predicted octanol–water partition coefficient (Wildman–Crippen LogP) is 3.14. The van der Waals surface area contributed by atoms with Crippen molar-refractivity contribution in [3.63, 3.8) is 0 Å². The van der Waals surface area contributed by atoms with Crippen LogP contribution < -0.4 is 0 Å². The van der Waals surface area contributed by atoms with Crippen molar-refractivity contribution in [2.24, 2.45) is 0 Å². The van der Waals surface area contributed by atoms with E-state index in [9.17, 15) is 8.42 Å². The van der Waals surface area contributed by atoms with E-state index in [4.69, 9.17) is 16.9 Å². The molecule has 0 amide bonds.